The van der Waals surface area contributed by atoms with Crippen LogP contribution in [0.2, 0.25) is 0 Å². The Morgan fingerprint density at radius 1 is 1.32 bits per heavy atom. The second kappa shape index (κ2) is 8.13. The van der Waals surface area contributed by atoms with Gasteiger partial charge in [0.25, 0.3) is 11.9 Å². The van der Waals surface area contributed by atoms with Crippen LogP contribution in [0.1, 0.15) is 10.4 Å². The minimum atomic E-state index is -0.194. The number of ether oxygens (including phenoxy) is 1. The van der Waals surface area contributed by atoms with Gasteiger partial charge in [-0.15, -0.1) is 5.10 Å². The summed E-state index contributed by atoms with van der Waals surface area (Å²) in [5, 5.41) is 29.1. The molecular formula is C15H17N7O3. The molecule has 10 nitrogen and oxygen atoms in total. The van der Waals surface area contributed by atoms with Crippen LogP contribution >= 0.6 is 0 Å². The lowest BCUT2D eigenvalue weighted by molar-refractivity contribution is 0.0838. The molecule has 0 atom stereocenters. The molecule has 10 heteroatoms. The number of tetrazole rings is 1. The second-order valence-electron chi connectivity index (χ2n) is 5.06. The summed E-state index contributed by atoms with van der Waals surface area (Å²) in [7, 11) is 0. The molecule has 0 spiro atoms. The van der Waals surface area contributed by atoms with Crippen molar-refractivity contribution >= 4 is 5.91 Å². The SMILES string of the molecule is O=C(NCCOCCO)c1cccc(-c2cnn(-c3nn[nH]n3)c2)c1. The van der Waals surface area contributed by atoms with Crippen LogP contribution < -0.4 is 5.32 Å². The average Bonchev–Trinajstić information content (AvgIpc) is 3.33. The number of amides is 1. The van der Waals surface area contributed by atoms with Crippen LogP contribution in [0.4, 0.5) is 0 Å². The van der Waals surface area contributed by atoms with Crippen molar-refractivity contribution in [2.24, 2.45) is 0 Å². The molecule has 0 saturated heterocycles. The third-order valence-corrected chi connectivity index (χ3v) is 3.35. The number of rotatable bonds is 8. The van der Waals surface area contributed by atoms with E-state index in [1.165, 1.54) is 4.68 Å². The molecule has 25 heavy (non-hydrogen) atoms. The number of hydrogen-bond acceptors (Lipinski definition) is 7. The maximum Gasteiger partial charge on any atom is 0.290 e. The van der Waals surface area contributed by atoms with E-state index in [-0.39, 0.29) is 19.1 Å². The molecule has 0 saturated carbocycles. The van der Waals surface area contributed by atoms with E-state index in [4.69, 9.17) is 9.84 Å². The van der Waals surface area contributed by atoms with E-state index < -0.39 is 0 Å². The van der Waals surface area contributed by atoms with Crippen LogP contribution in [0, 0.1) is 0 Å². The summed E-state index contributed by atoms with van der Waals surface area (Å²) >= 11 is 0. The highest BCUT2D eigenvalue weighted by Gasteiger charge is 2.09. The van der Waals surface area contributed by atoms with Gasteiger partial charge in [0.15, 0.2) is 0 Å². The van der Waals surface area contributed by atoms with Gasteiger partial charge in [0.05, 0.1) is 26.0 Å². The van der Waals surface area contributed by atoms with Gasteiger partial charge in [-0.25, -0.2) is 4.68 Å². The molecule has 0 radical (unpaired) electrons. The molecule has 2 aromatic heterocycles. The van der Waals surface area contributed by atoms with Crippen molar-refractivity contribution < 1.29 is 14.6 Å². The van der Waals surface area contributed by atoms with E-state index >= 15 is 0 Å². The minimum Gasteiger partial charge on any atom is -0.394 e. The van der Waals surface area contributed by atoms with Crippen LogP contribution in [-0.4, -0.2) is 67.8 Å². The van der Waals surface area contributed by atoms with Gasteiger partial charge in [-0.1, -0.05) is 17.2 Å². The highest BCUT2D eigenvalue weighted by atomic mass is 16.5. The van der Waals surface area contributed by atoms with Gasteiger partial charge >= 0.3 is 0 Å². The van der Waals surface area contributed by atoms with Gasteiger partial charge in [-0.05, 0) is 22.9 Å². The summed E-state index contributed by atoms with van der Waals surface area (Å²) in [4.78, 5) is 12.2. The monoisotopic (exact) mass is 343 g/mol. The fourth-order valence-corrected chi connectivity index (χ4v) is 2.18. The molecule has 130 valence electrons. The first kappa shape index (κ1) is 16.7. The van der Waals surface area contributed by atoms with Crippen LogP contribution in [0.25, 0.3) is 17.1 Å². The van der Waals surface area contributed by atoms with Crippen molar-refractivity contribution in [1.82, 2.24) is 35.7 Å². The highest BCUT2D eigenvalue weighted by molar-refractivity contribution is 5.95. The summed E-state index contributed by atoms with van der Waals surface area (Å²) in [6.45, 7) is 0.950. The Bertz CT molecular complexity index is 816. The molecule has 1 aromatic carbocycles. The van der Waals surface area contributed by atoms with E-state index in [9.17, 15) is 4.79 Å². The molecule has 2 heterocycles. The maximum atomic E-state index is 12.2. The van der Waals surface area contributed by atoms with Crippen LogP contribution in [-0.2, 0) is 4.74 Å². The molecule has 0 unspecified atom stereocenters. The molecule has 0 aliphatic rings. The number of aliphatic hydroxyl groups excluding tert-OH is 1. The van der Waals surface area contributed by atoms with Gasteiger partial charge in [0.1, 0.15) is 0 Å². The van der Waals surface area contributed by atoms with Gasteiger partial charge in [-0.2, -0.15) is 10.3 Å². The number of nitrogens with one attached hydrogen (secondary N) is 2. The smallest absolute Gasteiger partial charge is 0.290 e. The van der Waals surface area contributed by atoms with Crippen molar-refractivity contribution in [3.05, 3.63) is 42.2 Å². The van der Waals surface area contributed by atoms with E-state index in [1.807, 2.05) is 6.07 Å². The lowest BCUT2D eigenvalue weighted by atomic mass is 10.1. The molecule has 1 amide bonds. The Balaban J connectivity index is 1.66. The zero-order valence-corrected chi connectivity index (χ0v) is 13.3. The van der Waals surface area contributed by atoms with Crippen molar-refractivity contribution in [1.29, 1.82) is 0 Å². The summed E-state index contributed by atoms with van der Waals surface area (Å²) in [6.07, 6.45) is 3.42. The number of hydrogen-bond donors (Lipinski definition) is 3. The second-order valence-corrected chi connectivity index (χ2v) is 5.06. The zero-order chi connectivity index (χ0) is 17.5. The first-order valence-corrected chi connectivity index (χ1v) is 7.63. The van der Waals surface area contributed by atoms with Crippen LogP contribution in [0.5, 0.6) is 0 Å². The van der Waals surface area contributed by atoms with Gasteiger partial charge in [0.2, 0.25) is 0 Å². The van der Waals surface area contributed by atoms with Gasteiger partial charge in [0, 0.05) is 23.9 Å². The highest BCUT2D eigenvalue weighted by Crippen LogP contribution is 2.20. The predicted molar refractivity (Wildman–Crippen MR) is 87.0 cm³/mol. The lowest BCUT2D eigenvalue weighted by Gasteiger charge is -2.07. The Morgan fingerprint density at radius 2 is 2.24 bits per heavy atom. The molecule has 0 aliphatic heterocycles. The summed E-state index contributed by atoms with van der Waals surface area (Å²) < 4.78 is 6.60. The zero-order valence-electron chi connectivity index (χ0n) is 13.3. The fraction of sp³-hybridized carbons (Fsp3) is 0.267. The van der Waals surface area contributed by atoms with E-state index in [1.54, 1.807) is 30.6 Å². The van der Waals surface area contributed by atoms with Crippen LogP contribution in [0.3, 0.4) is 0 Å². The van der Waals surface area contributed by atoms with Crippen LogP contribution in [0.15, 0.2) is 36.7 Å². The average molecular weight is 343 g/mol. The summed E-state index contributed by atoms with van der Waals surface area (Å²) in [5.41, 5.74) is 2.21. The number of benzene rings is 1. The molecule has 0 aliphatic carbocycles. The fourth-order valence-electron chi connectivity index (χ4n) is 2.18. The van der Waals surface area contributed by atoms with Crippen molar-refractivity contribution in [3.8, 4) is 17.1 Å². The predicted octanol–water partition coefficient (Wildman–Crippen LogP) is -0.209. The normalized spacial score (nSPS) is 10.8. The first-order chi connectivity index (χ1) is 12.3. The third-order valence-electron chi connectivity index (χ3n) is 3.35. The third kappa shape index (κ3) is 4.25. The lowest BCUT2D eigenvalue weighted by Crippen LogP contribution is -2.27. The Kier molecular flexibility index (Phi) is 5.44. The van der Waals surface area contributed by atoms with Gasteiger partial charge in [-0.3, -0.25) is 4.79 Å². The quantitative estimate of drug-likeness (QED) is 0.482. The van der Waals surface area contributed by atoms with Crippen molar-refractivity contribution in [2.45, 2.75) is 0 Å². The number of aliphatic hydroxyl groups is 1. The molecular weight excluding hydrogens is 326 g/mol. The number of carbonyl (C=O) groups is 1. The number of aromatic nitrogens is 6. The number of aromatic amines is 1. The van der Waals surface area contributed by atoms with E-state index in [2.05, 4.69) is 31.0 Å². The largest absolute Gasteiger partial charge is 0.394 e. The minimum absolute atomic E-state index is 0.0342. The first-order valence-electron chi connectivity index (χ1n) is 7.63. The van der Waals surface area contributed by atoms with Gasteiger partial charge < -0.3 is 15.2 Å². The molecule has 0 fully saturated rings. The molecule has 0 bridgehead atoms. The summed E-state index contributed by atoms with van der Waals surface area (Å²) in [5.74, 6) is 0.142. The number of H-pyrrole nitrogens is 1. The Labute approximate surface area is 142 Å². The van der Waals surface area contributed by atoms with E-state index in [0.717, 1.165) is 11.1 Å². The topological polar surface area (TPSA) is 131 Å². The number of carbonyl (C=O) groups excluding carboxylic acids is 1. The molecule has 3 aromatic rings. The van der Waals surface area contributed by atoms with Crippen molar-refractivity contribution in [3.63, 3.8) is 0 Å². The standard InChI is InChI=1S/C15H17N7O3/c23-5-7-25-6-4-16-14(24)12-3-1-2-11(8-12)13-9-17-22(10-13)15-18-20-21-19-15/h1-3,8-10,23H,4-7H2,(H,16,24)(H,18,19,20,21). The molecule has 3 N–H and O–H groups in total. The van der Waals surface area contributed by atoms with E-state index in [0.29, 0.717) is 24.7 Å². The maximum absolute atomic E-state index is 12.2. The molecule has 3 rings (SSSR count). The van der Waals surface area contributed by atoms with Crippen molar-refractivity contribution in [2.75, 3.05) is 26.4 Å². The summed E-state index contributed by atoms with van der Waals surface area (Å²) in [6, 6.07) is 7.20. The Morgan fingerprint density at radius 3 is 3.04 bits per heavy atom. The number of nitrogens with zero attached hydrogens (tertiary/aromatic N) is 5. The Hall–Kier alpha value is -3.11.